The van der Waals surface area contributed by atoms with Crippen LogP contribution in [-0.2, 0) is 17.9 Å². The molecule has 0 radical (unpaired) electrons. The van der Waals surface area contributed by atoms with E-state index in [-0.39, 0.29) is 42.0 Å². The number of aliphatic hydroxyl groups excluding tert-OH is 1. The summed E-state index contributed by atoms with van der Waals surface area (Å²) in [5.41, 5.74) is 1.58. The molecule has 2 aromatic rings. The number of likely N-dealkylation sites (tertiary alicyclic amines) is 1. The van der Waals surface area contributed by atoms with Gasteiger partial charge in [0, 0.05) is 56.5 Å². The molecule has 2 bridgehead atoms. The predicted octanol–water partition coefficient (Wildman–Crippen LogP) is 1.01. The Labute approximate surface area is 168 Å². The fourth-order valence-corrected chi connectivity index (χ4v) is 5.50. The summed E-state index contributed by atoms with van der Waals surface area (Å²) in [6.07, 6.45) is 6.21. The minimum atomic E-state index is -0.370. The van der Waals surface area contributed by atoms with Crippen molar-refractivity contribution in [2.45, 2.75) is 44.4 Å². The SMILES string of the molecule is O=C([C@@H]1[C@@H](CO)[C@@H]2Cn3c(cccc3=O)[C@H]1N2Cc1cocn1)N1CCCCC1. The summed E-state index contributed by atoms with van der Waals surface area (Å²) in [6, 6.07) is 4.90. The van der Waals surface area contributed by atoms with Crippen LogP contribution in [0.2, 0.25) is 0 Å². The Morgan fingerprint density at radius 1 is 1.24 bits per heavy atom. The molecule has 2 aromatic heterocycles. The summed E-state index contributed by atoms with van der Waals surface area (Å²) < 4.78 is 6.92. The van der Waals surface area contributed by atoms with Gasteiger partial charge < -0.3 is 19.0 Å². The third-order valence-electron chi connectivity index (χ3n) is 6.83. The maximum absolute atomic E-state index is 13.6. The number of nitrogens with zero attached hydrogens (tertiary/aromatic N) is 4. The monoisotopic (exact) mass is 398 g/mol. The summed E-state index contributed by atoms with van der Waals surface area (Å²) in [6.45, 7) is 2.46. The van der Waals surface area contributed by atoms with Gasteiger partial charge in [0.2, 0.25) is 5.91 Å². The molecule has 5 rings (SSSR count). The lowest BCUT2D eigenvalue weighted by Crippen LogP contribution is -2.46. The molecule has 29 heavy (non-hydrogen) atoms. The molecule has 4 atom stereocenters. The molecular formula is C21H26N4O4. The number of carbonyl (C=O) groups excluding carboxylic acids is 1. The van der Waals surface area contributed by atoms with Crippen molar-refractivity contribution in [2.24, 2.45) is 11.8 Å². The number of rotatable bonds is 4. The molecule has 5 heterocycles. The number of aromatic nitrogens is 2. The van der Waals surface area contributed by atoms with E-state index in [0.29, 0.717) is 13.1 Å². The van der Waals surface area contributed by atoms with Crippen LogP contribution < -0.4 is 5.56 Å². The number of carbonyl (C=O) groups is 1. The highest BCUT2D eigenvalue weighted by Crippen LogP contribution is 2.49. The van der Waals surface area contributed by atoms with Crippen molar-refractivity contribution in [3.8, 4) is 0 Å². The topological polar surface area (TPSA) is 91.8 Å². The molecule has 3 aliphatic rings. The van der Waals surface area contributed by atoms with Gasteiger partial charge in [0.15, 0.2) is 6.39 Å². The number of hydrogen-bond acceptors (Lipinski definition) is 6. The van der Waals surface area contributed by atoms with E-state index in [1.165, 1.54) is 6.39 Å². The number of piperidine rings is 1. The van der Waals surface area contributed by atoms with Crippen LogP contribution in [0.25, 0.3) is 0 Å². The van der Waals surface area contributed by atoms with E-state index in [9.17, 15) is 14.7 Å². The quantitative estimate of drug-likeness (QED) is 0.827. The first-order chi connectivity index (χ1) is 14.2. The van der Waals surface area contributed by atoms with Crippen LogP contribution in [-0.4, -0.2) is 56.1 Å². The zero-order valence-corrected chi connectivity index (χ0v) is 16.3. The van der Waals surface area contributed by atoms with Crippen molar-refractivity contribution in [3.05, 3.63) is 52.6 Å². The Bertz CT molecular complexity index is 934. The first-order valence-corrected chi connectivity index (χ1v) is 10.4. The van der Waals surface area contributed by atoms with E-state index in [1.807, 2.05) is 11.0 Å². The van der Waals surface area contributed by atoms with Gasteiger partial charge in [-0.05, 0) is 25.3 Å². The molecule has 0 aliphatic carbocycles. The van der Waals surface area contributed by atoms with Gasteiger partial charge in [-0.3, -0.25) is 14.5 Å². The molecule has 1 amide bonds. The van der Waals surface area contributed by atoms with Crippen LogP contribution in [0.3, 0.4) is 0 Å². The van der Waals surface area contributed by atoms with Gasteiger partial charge in [-0.1, -0.05) is 6.07 Å². The van der Waals surface area contributed by atoms with Crippen LogP contribution in [0.4, 0.5) is 0 Å². The van der Waals surface area contributed by atoms with Gasteiger partial charge in [-0.15, -0.1) is 0 Å². The van der Waals surface area contributed by atoms with E-state index in [1.54, 1.807) is 23.0 Å². The molecule has 0 aromatic carbocycles. The van der Waals surface area contributed by atoms with Crippen LogP contribution >= 0.6 is 0 Å². The second-order valence-electron chi connectivity index (χ2n) is 8.32. The highest BCUT2D eigenvalue weighted by Gasteiger charge is 2.56. The zero-order valence-electron chi connectivity index (χ0n) is 16.3. The summed E-state index contributed by atoms with van der Waals surface area (Å²) in [7, 11) is 0. The van der Waals surface area contributed by atoms with Crippen molar-refractivity contribution >= 4 is 5.91 Å². The number of hydrogen-bond donors (Lipinski definition) is 1. The van der Waals surface area contributed by atoms with Crippen LogP contribution in [0.5, 0.6) is 0 Å². The van der Waals surface area contributed by atoms with E-state index < -0.39 is 0 Å². The third kappa shape index (κ3) is 3.02. The second kappa shape index (κ2) is 7.42. The van der Waals surface area contributed by atoms with Gasteiger partial charge in [-0.25, -0.2) is 4.98 Å². The van der Waals surface area contributed by atoms with Gasteiger partial charge in [0.25, 0.3) is 5.56 Å². The minimum Gasteiger partial charge on any atom is -0.451 e. The molecule has 0 saturated carbocycles. The van der Waals surface area contributed by atoms with Crippen molar-refractivity contribution in [3.63, 3.8) is 0 Å². The van der Waals surface area contributed by atoms with Crippen molar-refractivity contribution in [2.75, 3.05) is 19.7 Å². The van der Waals surface area contributed by atoms with Crippen molar-refractivity contribution < 1.29 is 14.3 Å². The Morgan fingerprint density at radius 2 is 2.07 bits per heavy atom. The number of amides is 1. The van der Waals surface area contributed by atoms with Gasteiger partial charge in [-0.2, -0.15) is 0 Å². The fraction of sp³-hybridized carbons (Fsp3) is 0.571. The van der Waals surface area contributed by atoms with Gasteiger partial charge in [0.1, 0.15) is 6.26 Å². The van der Waals surface area contributed by atoms with Gasteiger partial charge >= 0.3 is 0 Å². The molecular weight excluding hydrogens is 372 g/mol. The van der Waals surface area contributed by atoms with Crippen LogP contribution in [0.1, 0.15) is 36.7 Å². The summed E-state index contributed by atoms with van der Waals surface area (Å²) >= 11 is 0. The normalized spacial score (nSPS) is 29.1. The van der Waals surface area contributed by atoms with E-state index in [4.69, 9.17) is 4.42 Å². The van der Waals surface area contributed by atoms with Gasteiger partial charge in [0.05, 0.1) is 17.7 Å². The minimum absolute atomic E-state index is 0.0543. The molecule has 0 spiro atoms. The number of aliphatic hydroxyl groups is 1. The van der Waals surface area contributed by atoms with Crippen molar-refractivity contribution in [1.82, 2.24) is 19.4 Å². The first kappa shape index (κ1) is 18.6. The molecule has 2 saturated heterocycles. The summed E-state index contributed by atoms with van der Waals surface area (Å²) in [5, 5.41) is 10.3. The number of fused-ring (bicyclic) bond motifs is 4. The maximum atomic E-state index is 13.6. The second-order valence-corrected chi connectivity index (χ2v) is 8.32. The average Bonchev–Trinajstić information content (AvgIpc) is 3.32. The Balaban J connectivity index is 1.58. The van der Waals surface area contributed by atoms with Crippen LogP contribution in [0.15, 0.2) is 40.1 Å². The molecule has 3 aliphatic heterocycles. The Hall–Kier alpha value is -2.45. The predicted molar refractivity (Wildman–Crippen MR) is 104 cm³/mol. The number of oxazole rings is 1. The Morgan fingerprint density at radius 3 is 2.79 bits per heavy atom. The standard InChI is InChI=1S/C21H26N4O4/c26-11-15-17-10-24-16(5-4-6-18(24)27)20(25(17)9-14-12-29-13-22-14)19(15)21(28)23-7-2-1-3-8-23/h4-6,12-13,15,17,19-20,26H,1-3,7-11H2/t15-,17-,19+,20+/m0/s1. The highest BCUT2D eigenvalue weighted by atomic mass is 16.3. The largest absolute Gasteiger partial charge is 0.451 e. The highest BCUT2D eigenvalue weighted by molar-refractivity contribution is 5.81. The lowest BCUT2D eigenvalue weighted by molar-refractivity contribution is -0.139. The molecule has 1 N–H and O–H groups in total. The van der Waals surface area contributed by atoms with Crippen LogP contribution in [0, 0.1) is 11.8 Å². The summed E-state index contributed by atoms with van der Waals surface area (Å²) in [4.78, 5) is 34.6. The fourth-order valence-electron chi connectivity index (χ4n) is 5.50. The molecule has 2 fully saturated rings. The lowest BCUT2D eigenvalue weighted by atomic mass is 9.85. The zero-order chi connectivity index (χ0) is 20.0. The molecule has 0 unspecified atom stereocenters. The number of pyridine rings is 1. The molecule has 8 nitrogen and oxygen atoms in total. The third-order valence-corrected chi connectivity index (χ3v) is 6.83. The van der Waals surface area contributed by atoms with E-state index in [2.05, 4.69) is 9.88 Å². The van der Waals surface area contributed by atoms with E-state index in [0.717, 1.165) is 43.7 Å². The molecule has 154 valence electrons. The lowest BCUT2D eigenvalue weighted by Gasteiger charge is -2.38. The first-order valence-electron chi connectivity index (χ1n) is 10.4. The Kier molecular flexibility index (Phi) is 4.75. The maximum Gasteiger partial charge on any atom is 0.250 e. The average molecular weight is 398 g/mol. The smallest absolute Gasteiger partial charge is 0.250 e. The molecule has 8 heteroatoms. The summed E-state index contributed by atoms with van der Waals surface area (Å²) in [5.74, 6) is -0.489. The van der Waals surface area contributed by atoms with Crippen molar-refractivity contribution in [1.29, 1.82) is 0 Å². The van der Waals surface area contributed by atoms with E-state index >= 15 is 0 Å².